The first-order chi connectivity index (χ1) is 10.9. The molecule has 4 aliphatic rings. The lowest BCUT2D eigenvalue weighted by Gasteiger charge is -2.55. The van der Waals surface area contributed by atoms with Gasteiger partial charge >= 0.3 is 0 Å². The molecular weight excluding hydrogens is 304 g/mol. The van der Waals surface area contributed by atoms with Gasteiger partial charge in [-0.05, 0) is 61.3 Å². The molecule has 0 amide bonds. The molecule has 3 fully saturated rings. The standard InChI is InChI=1S/C20H26O2S/c1-19-9-8-13(21)10-12(19)4-5-14-15-6-7-17(23-3)20(15,2)11-16(22)18(14)19/h8-10,14-15,17-18H,4-7,11H2,1-3H3/t14-,15-,17+,18+,19-,20-/m0/s1. The van der Waals surface area contributed by atoms with E-state index >= 15 is 0 Å². The summed E-state index contributed by atoms with van der Waals surface area (Å²) >= 11 is 1.96. The van der Waals surface area contributed by atoms with E-state index in [4.69, 9.17) is 0 Å². The van der Waals surface area contributed by atoms with Crippen LogP contribution in [0.25, 0.3) is 0 Å². The van der Waals surface area contributed by atoms with Crippen LogP contribution >= 0.6 is 11.8 Å². The summed E-state index contributed by atoms with van der Waals surface area (Å²) < 4.78 is 0. The van der Waals surface area contributed by atoms with E-state index in [1.54, 1.807) is 12.2 Å². The van der Waals surface area contributed by atoms with Crippen LogP contribution in [0.2, 0.25) is 0 Å². The van der Waals surface area contributed by atoms with Crippen LogP contribution in [0.15, 0.2) is 23.8 Å². The Labute approximate surface area is 143 Å². The molecule has 3 saturated carbocycles. The van der Waals surface area contributed by atoms with Crippen molar-refractivity contribution in [1.82, 2.24) is 0 Å². The second kappa shape index (κ2) is 5.08. The van der Waals surface area contributed by atoms with Crippen LogP contribution in [-0.2, 0) is 9.59 Å². The summed E-state index contributed by atoms with van der Waals surface area (Å²) in [5.74, 6) is 1.80. The zero-order chi connectivity index (χ0) is 16.4. The Hall–Kier alpha value is -0.830. The van der Waals surface area contributed by atoms with Crippen molar-refractivity contribution in [2.45, 2.75) is 51.2 Å². The molecule has 6 atom stereocenters. The highest BCUT2D eigenvalue weighted by atomic mass is 32.2. The Bertz CT molecular complexity index is 634. The van der Waals surface area contributed by atoms with Crippen molar-refractivity contribution in [2.75, 3.05) is 6.26 Å². The van der Waals surface area contributed by atoms with Crippen molar-refractivity contribution in [3.8, 4) is 0 Å². The van der Waals surface area contributed by atoms with Crippen molar-refractivity contribution in [3.05, 3.63) is 23.8 Å². The normalized spacial score (nSPS) is 48.6. The van der Waals surface area contributed by atoms with Crippen molar-refractivity contribution in [3.63, 3.8) is 0 Å². The van der Waals surface area contributed by atoms with Gasteiger partial charge in [-0.2, -0.15) is 11.8 Å². The van der Waals surface area contributed by atoms with E-state index in [2.05, 4.69) is 20.1 Å². The van der Waals surface area contributed by atoms with Crippen LogP contribution in [0.5, 0.6) is 0 Å². The molecule has 23 heavy (non-hydrogen) atoms. The maximum atomic E-state index is 13.2. The van der Waals surface area contributed by atoms with Crippen molar-refractivity contribution in [2.24, 2.45) is 28.6 Å². The lowest BCUT2D eigenvalue weighted by molar-refractivity contribution is -0.140. The molecule has 0 spiro atoms. The predicted octanol–water partition coefficient (Wildman–Crippen LogP) is 4.20. The third kappa shape index (κ3) is 2.01. The Morgan fingerprint density at radius 2 is 1.96 bits per heavy atom. The molecule has 0 saturated heterocycles. The first kappa shape index (κ1) is 15.7. The van der Waals surface area contributed by atoms with Gasteiger partial charge in [0.2, 0.25) is 0 Å². The van der Waals surface area contributed by atoms with Gasteiger partial charge < -0.3 is 0 Å². The summed E-state index contributed by atoms with van der Waals surface area (Å²) in [7, 11) is 0. The van der Waals surface area contributed by atoms with Crippen LogP contribution in [0.3, 0.4) is 0 Å². The summed E-state index contributed by atoms with van der Waals surface area (Å²) in [4.78, 5) is 25.0. The van der Waals surface area contributed by atoms with E-state index in [1.165, 1.54) is 18.4 Å². The van der Waals surface area contributed by atoms with Crippen LogP contribution in [0.1, 0.15) is 46.0 Å². The molecule has 0 aliphatic heterocycles. The first-order valence-electron chi connectivity index (χ1n) is 8.90. The topological polar surface area (TPSA) is 34.1 Å². The molecule has 0 aromatic rings. The maximum Gasteiger partial charge on any atom is 0.178 e. The number of hydrogen-bond donors (Lipinski definition) is 0. The summed E-state index contributed by atoms with van der Waals surface area (Å²) in [6.07, 6.45) is 13.1. The second-order valence-corrected chi connectivity index (χ2v) is 9.47. The Balaban J connectivity index is 1.75. The largest absolute Gasteiger partial charge is 0.299 e. The number of thioether (sulfide) groups is 1. The van der Waals surface area contributed by atoms with Gasteiger partial charge in [-0.15, -0.1) is 0 Å². The predicted molar refractivity (Wildman–Crippen MR) is 94.3 cm³/mol. The molecule has 0 aromatic heterocycles. The van der Waals surface area contributed by atoms with E-state index in [1.807, 2.05) is 17.8 Å². The number of hydrogen-bond acceptors (Lipinski definition) is 3. The van der Waals surface area contributed by atoms with E-state index in [0.29, 0.717) is 22.9 Å². The number of carbonyl (C=O) groups is 2. The van der Waals surface area contributed by atoms with E-state index in [-0.39, 0.29) is 22.5 Å². The Morgan fingerprint density at radius 1 is 1.17 bits per heavy atom. The molecule has 0 radical (unpaired) electrons. The lowest BCUT2D eigenvalue weighted by Crippen LogP contribution is -2.54. The van der Waals surface area contributed by atoms with E-state index < -0.39 is 0 Å². The van der Waals surface area contributed by atoms with Crippen LogP contribution < -0.4 is 0 Å². The number of carbonyl (C=O) groups excluding carboxylic acids is 2. The third-order valence-electron chi connectivity index (χ3n) is 7.45. The number of allylic oxidation sites excluding steroid dienone is 4. The number of fused-ring (bicyclic) bond motifs is 5. The Morgan fingerprint density at radius 3 is 2.70 bits per heavy atom. The van der Waals surface area contributed by atoms with Gasteiger partial charge in [0.1, 0.15) is 5.78 Å². The lowest BCUT2D eigenvalue weighted by atomic mass is 9.48. The fraction of sp³-hybridized carbons (Fsp3) is 0.700. The molecule has 0 heterocycles. The molecule has 0 bridgehead atoms. The van der Waals surface area contributed by atoms with Gasteiger partial charge in [0.25, 0.3) is 0 Å². The minimum atomic E-state index is -0.216. The van der Waals surface area contributed by atoms with Crippen LogP contribution in [0, 0.1) is 28.6 Å². The number of ketones is 2. The molecule has 0 N–H and O–H groups in total. The average Bonchev–Trinajstić information content (AvgIpc) is 2.83. The monoisotopic (exact) mass is 330 g/mol. The van der Waals surface area contributed by atoms with Crippen LogP contribution in [0.4, 0.5) is 0 Å². The third-order valence-corrected chi connectivity index (χ3v) is 8.79. The minimum Gasteiger partial charge on any atom is -0.299 e. The average molecular weight is 330 g/mol. The molecule has 4 aliphatic carbocycles. The molecule has 4 rings (SSSR count). The zero-order valence-corrected chi connectivity index (χ0v) is 15.1. The highest BCUT2D eigenvalue weighted by Gasteiger charge is 2.61. The molecular formula is C20H26O2S. The SMILES string of the molecule is CS[C@@H]1CC[C@H]2[C@@H]3CCC4=CC(=O)C=C[C@]4(C)[C@H]3C(=O)C[C@]12C. The van der Waals surface area contributed by atoms with Gasteiger partial charge in [-0.1, -0.05) is 25.5 Å². The smallest absolute Gasteiger partial charge is 0.178 e. The Kier molecular flexibility index (Phi) is 3.46. The molecule has 3 heteroatoms. The highest BCUT2D eigenvalue weighted by molar-refractivity contribution is 7.99. The van der Waals surface area contributed by atoms with Gasteiger partial charge in [-0.3, -0.25) is 9.59 Å². The van der Waals surface area contributed by atoms with Crippen molar-refractivity contribution < 1.29 is 9.59 Å². The molecule has 0 unspecified atom stereocenters. The van der Waals surface area contributed by atoms with Gasteiger partial charge in [0, 0.05) is 23.0 Å². The summed E-state index contributed by atoms with van der Waals surface area (Å²) in [5.41, 5.74) is 1.17. The van der Waals surface area contributed by atoms with Crippen LogP contribution in [-0.4, -0.2) is 23.1 Å². The van der Waals surface area contributed by atoms with Gasteiger partial charge in [-0.25, -0.2) is 0 Å². The number of Topliss-reactive ketones (excluding diaryl/α,β-unsaturated/α-hetero) is 1. The summed E-state index contributed by atoms with van der Waals surface area (Å²) in [6.45, 7) is 4.56. The summed E-state index contributed by atoms with van der Waals surface area (Å²) in [6, 6.07) is 0. The number of rotatable bonds is 1. The summed E-state index contributed by atoms with van der Waals surface area (Å²) in [5, 5.41) is 0.630. The van der Waals surface area contributed by atoms with Gasteiger partial charge in [0.05, 0.1) is 0 Å². The molecule has 2 nitrogen and oxygen atoms in total. The molecule has 124 valence electrons. The van der Waals surface area contributed by atoms with Crippen molar-refractivity contribution in [1.29, 1.82) is 0 Å². The fourth-order valence-electron chi connectivity index (χ4n) is 6.37. The van der Waals surface area contributed by atoms with E-state index in [0.717, 1.165) is 19.3 Å². The van der Waals surface area contributed by atoms with Gasteiger partial charge in [0.15, 0.2) is 5.78 Å². The van der Waals surface area contributed by atoms with Crippen molar-refractivity contribution >= 4 is 23.3 Å². The minimum absolute atomic E-state index is 0.0885. The zero-order valence-electron chi connectivity index (χ0n) is 14.3. The molecule has 0 aromatic carbocycles. The quantitative estimate of drug-likeness (QED) is 0.722. The fourth-order valence-corrected chi connectivity index (χ4v) is 7.54. The van der Waals surface area contributed by atoms with E-state index in [9.17, 15) is 9.59 Å². The highest BCUT2D eigenvalue weighted by Crippen LogP contribution is 2.64. The second-order valence-electron chi connectivity index (χ2n) is 8.43. The maximum absolute atomic E-state index is 13.2. The first-order valence-corrected chi connectivity index (χ1v) is 10.2.